The number of hydrogen-bond acceptors (Lipinski definition) is 7. The molecular formula is C26H29N5O3. The van der Waals surface area contributed by atoms with Gasteiger partial charge in [0.25, 0.3) is 0 Å². The molecule has 1 amide bonds. The molecule has 3 N–H and O–H groups in total. The Hall–Kier alpha value is -3.54. The molecular weight excluding hydrogens is 430 g/mol. The van der Waals surface area contributed by atoms with Crippen LogP contribution in [0.4, 0.5) is 5.82 Å². The number of anilines is 1. The van der Waals surface area contributed by atoms with Crippen molar-refractivity contribution in [2.45, 2.75) is 37.7 Å². The van der Waals surface area contributed by atoms with Gasteiger partial charge in [0.15, 0.2) is 5.82 Å². The summed E-state index contributed by atoms with van der Waals surface area (Å²) in [5.74, 6) is 6.66. The molecule has 3 aromatic rings. The van der Waals surface area contributed by atoms with E-state index < -0.39 is 5.60 Å². The first-order valence-corrected chi connectivity index (χ1v) is 11.4. The number of carbonyl (C=O) groups excluding carboxylic acids is 1. The molecule has 0 aliphatic carbocycles. The molecule has 8 nitrogen and oxygen atoms in total. The van der Waals surface area contributed by atoms with Gasteiger partial charge in [0, 0.05) is 44.4 Å². The van der Waals surface area contributed by atoms with Gasteiger partial charge in [-0.2, -0.15) is 0 Å². The number of benzene rings is 1. The molecule has 0 radical (unpaired) electrons. The fourth-order valence-corrected chi connectivity index (χ4v) is 4.02. The van der Waals surface area contributed by atoms with E-state index in [2.05, 4.69) is 27.9 Å². The summed E-state index contributed by atoms with van der Waals surface area (Å²) in [5, 5.41) is 10.6. The fraction of sp³-hybridized carbons (Fsp3) is 0.385. The summed E-state index contributed by atoms with van der Waals surface area (Å²) in [6.45, 7) is 3.51. The topological polar surface area (TPSA) is 114 Å². The highest BCUT2D eigenvalue weighted by Gasteiger charge is 2.22. The lowest BCUT2D eigenvalue weighted by Crippen LogP contribution is -2.29. The summed E-state index contributed by atoms with van der Waals surface area (Å²) >= 11 is 0. The van der Waals surface area contributed by atoms with Crippen molar-refractivity contribution in [3.63, 3.8) is 0 Å². The molecule has 34 heavy (non-hydrogen) atoms. The third kappa shape index (κ3) is 5.50. The summed E-state index contributed by atoms with van der Waals surface area (Å²) in [6.07, 6.45) is 4.41. The number of hydrogen-bond donors (Lipinski definition) is 2. The van der Waals surface area contributed by atoms with E-state index in [0.29, 0.717) is 30.2 Å². The van der Waals surface area contributed by atoms with Gasteiger partial charge in [-0.15, -0.1) is 0 Å². The van der Waals surface area contributed by atoms with Crippen LogP contribution in [0.2, 0.25) is 0 Å². The van der Waals surface area contributed by atoms with Crippen LogP contribution in [-0.4, -0.2) is 63.8 Å². The predicted molar refractivity (Wildman–Crippen MR) is 131 cm³/mol. The van der Waals surface area contributed by atoms with Crippen LogP contribution < -0.4 is 5.73 Å². The first-order valence-electron chi connectivity index (χ1n) is 11.4. The molecule has 2 aromatic heterocycles. The van der Waals surface area contributed by atoms with Crippen molar-refractivity contribution in [1.82, 2.24) is 19.9 Å². The maximum Gasteiger partial charge on any atom is 0.209 e. The van der Waals surface area contributed by atoms with Gasteiger partial charge in [0.1, 0.15) is 17.4 Å². The molecule has 1 atom stereocenters. The highest BCUT2D eigenvalue weighted by molar-refractivity contribution is 5.89. The lowest BCUT2D eigenvalue weighted by atomic mass is 9.90. The van der Waals surface area contributed by atoms with E-state index in [1.165, 1.54) is 11.2 Å². The molecule has 176 valence electrons. The number of aromatic nitrogens is 3. The monoisotopic (exact) mass is 459 g/mol. The molecule has 1 saturated heterocycles. The maximum absolute atomic E-state index is 10.8. The second kappa shape index (κ2) is 10.2. The Morgan fingerprint density at radius 1 is 1.26 bits per heavy atom. The van der Waals surface area contributed by atoms with Crippen molar-refractivity contribution in [2.24, 2.45) is 0 Å². The van der Waals surface area contributed by atoms with Crippen LogP contribution in [0.15, 0.2) is 36.7 Å². The number of amides is 1. The van der Waals surface area contributed by atoms with Gasteiger partial charge in [-0.3, -0.25) is 4.79 Å². The summed E-state index contributed by atoms with van der Waals surface area (Å²) in [4.78, 5) is 25.7. The van der Waals surface area contributed by atoms with E-state index >= 15 is 0 Å². The molecule has 1 aromatic carbocycles. The van der Waals surface area contributed by atoms with Crippen molar-refractivity contribution in [2.75, 3.05) is 32.5 Å². The molecule has 0 bridgehead atoms. The van der Waals surface area contributed by atoms with Crippen LogP contribution in [0.25, 0.3) is 22.3 Å². The van der Waals surface area contributed by atoms with Crippen molar-refractivity contribution in [3.05, 3.63) is 47.8 Å². The highest BCUT2D eigenvalue weighted by atomic mass is 16.5. The number of pyridine rings is 1. The second-order valence-corrected chi connectivity index (χ2v) is 8.88. The van der Waals surface area contributed by atoms with Crippen LogP contribution in [-0.2, 0) is 9.53 Å². The number of ether oxygens (including phenoxy) is 1. The normalized spacial score (nSPS) is 15.9. The zero-order chi connectivity index (χ0) is 24.1. The van der Waals surface area contributed by atoms with Crippen LogP contribution >= 0.6 is 0 Å². The lowest BCUT2D eigenvalue weighted by Gasteiger charge is -2.23. The van der Waals surface area contributed by atoms with Crippen molar-refractivity contribution in [1.29, 1.82) is 0 Å². The smallest absolute Gasteiger partial charge is 0.209 e. The number of carbonyl (C=O) groups is 1. The van der Waals surface area contributed by atoms with E-state index in [1.54, 1.807) is 14.0 Å². The lowest BCUT2D eigenvalue weighted by molar-refractivity contribution is -0.117. The molecule has 1 unspecified atom stereocenters. The van der Waals surface area contributed by atoms with E-state index in [4.69, 9.17) is 15.5 Å². The van der Waals surface area contributed by atoms with Gasteiger partial charge in [-0.1, -0.05) is 24.0 Å². The number of fused-ring (bicyclic) bond motifs is 1. The van der Waals surface area contributed by atoms with Gasteiger partial charge in [0.2, 0.25) is 6.41 Å². The van der Waals surface area contributed by atoms with E-state index in [1.807, 2.05) is 24.3 Å². The zero-order valence-corrected chi connectivity index (χ0v) is 19.5. The van der Waals surface area contributed by atoms with Crippen molar-refractivity contribution in [3.8, 4) is 23.1 Å². The third-order valence-electron chi connectivity index (χ3n) is 6.08. The molecule has 8 heteroatoms. The van der Waals surface area contributed by atoms with E-state index in [0.717, 1.165) is 60.4 Å². The minimum absolute atomic E-state index is 0.315. The minimum atomic E-state index is -1.21. The number of nitrogens with zero attached hydrogens (tertiary/aromatic N) is 4. The summed E-state index contributed by atoms with van der Waals surface area (Å²) < 4.78 is 5.55. The summed E-state index contributed by atoms with van der Waals surface area (Å²) in [6, 6.07) is 9.82. The van der Waals surface area contributed by atoms with Gasteiger partial charge < -0.3 is 20.5 Å². The Morgan fingerprint density at radius 2 is 2.06 bits per heavy atom. The predicted octanol–water partition coefficient (Wildman–Crippen LogP) is 2.75. The van der Waals surface area contributed by atoms with Crippen molar-refractivity contribution < 1.29 is 14.6 Å². The Bertz CT molecular complexity index is 1240. The van der Waals surface area contributed by atoms with Gasteiger partial charge >= 0.3 is 0 Å². The van der Waals surface area contributed by atoms with Gasteiger partial charge in [-0.05, 0) is 49.4 Å². The Morgan fingerprint density at radius 3 is 2.82 bits per heavy atom. The van der Waals surface area contributed by atoms with Crippen molar-refractivity contribution >= 4 is 23.3 Å². The average Bonchev–Trinajstić information content (AvgIpc) is 2.86. The summed E-state index contributed by atoms with van der Waals surface area (Å²) in [5.41, 5.74) is 9.88. The first kappa shape index (κ1) is 23.6. The molecule has 1 fully saturated rings. The first-order chi connectivity index (χ1) is 16.4. The average molecular weight is 460 g/mol. The molecule has 1 aliphatic heterocycles. The number of rotatable bonds is 6. The largest absolute Gasteiger partial charge is 0.382 e. The molecule has 0 saturated carbocycles. The quantitative estimate of drug-likeness (QED) is 0.430. The Balaban J connectivity index is 1.69. The van der Waals surface area contributed by atoms with Crippen LogP contribution in [0, 0.1) is 11.8 Å². The number of nitrogen functional groups attached to an aromatic ring is 1. The van der Waals surface area contributed by atoms with Gasteiger partial charge in [-0.25, -0.2) is 15.0 Å². The number of nitrogens with two attached hydrogens (primary N) is 1. The van der Waals surface area contributed by atoms with E-state index in [-0.39, 0.29) is 0 Å². The SMILES string of the molecule is CN(C=O)CCC(C)(O)C#Cc1cccc(-c2cc(C3CCOCC3)c3ncnc(N)c3n2)c1. The summed E-state index contributed by atoms with van der Waals surface area (Å²) in [7, 11) is 1.67. The molecule has 0 spiro atoms. The molecule has 3 heterocycles. The van der Waals surface area contributed by atoms with Crippen LogP contribution in [0.1, 0.15) is 43.2 Å². The van der Waals surface area contributed by atoms with Crippen LogP contribution in [0.3, 0.4) is 0 Å². The Kier molecular flexibility index (Phi) is 7.06. The molecule has 4 rings (SSSR count). The third-order valence-corrected chi connectivity index (χ3v) is 6.08. The standard InChI is InChI=1S/C26H29N5O3/c1-26(33,10-11-31(2)17-32)9-6-18-4-3-5-20(14-18)22-15-21(19-7-12-34-13-8-19)23-24(30-22)25(27)29-16-28-23/h3-5,14-17,19,33H,7-8,10-13H2,1-2H3,(H2,27,28,29). The maximum atomic E-state index is 10.8. The van der Waals surface area contributed by atoms with E-state index in [9.17, 15) is 9.90 Å². The second-order valence-electron chi connectivity index (χ2n) is 8.88. The fourth-order valence-electron chi connectivity index (χ4n) is 4.02. The minimum Gasteiger partial charge on any atom is -0.382 e. The Labute approximate surface area is 199 Å². The number of aliphatic hydroxyl groups is 1. The highest BCUT2D eigenvalue weighted by Crippen LogP contribution is 2.35. The zero-order valence-electron chi connectivity index (χ0n) is 19.5. The van der Waals surface area contributed by atoms with Gasteiger partial charge in [0.05, 0.1) is 11.2 Å². The van der Waals surface area contributed by atoms with Crippen LogP contribution in [0.5, 0.6) is 0 Å². The molecule has 1 aliphatic rings.